The number of carbonyl (C=O) groups excluding carboxylic acids is 2. The number of amides is 2. The molecule has 1 saturated heterocycles. The molecule has 2 aromatic rings. The Balaban J connectivity index is 1.52. The second-order valence-electron chi connectivity index (χ2n) is 8.13. The maximum atomic E-state index is 12.6. The lowest BCUT2D eigenvalue weighted by Crippen LogP contribution is -2.43. The van der Waals surface area contributed by atoms with Crippen LogP contribution in [0.15, 0.2) is 29.6 Å². The SMILES string of the molecule is Cc1ccc(-c2csc(NC(=O)C3CCN(C(=O)OC(C)(C)C)CC3)n2)cc1. The number of nitrogens with one attached hydrogen (secondary N) is 1. The van der Waals surface area contributed by atoms with Gasteiger partial charge >= 0.3 is 6.09 Å². The fraction of sp³-hybridized carbons (Fsp3) is 0.476. The monoisotopic (exact) mass is 401 g/mol. The van der Waals surface area contributed by atoms with E-state index in [2.05, 4.69) is 10.3 Å². The number of carbonyl (C=O) groups is 2. The minimum Gasteiger partial charge on any atom is -0.444 e. The summed E-state index contributed by atoms with van der Waals surface area (Å²) in [5.41, 5.74) is 2.59. The van der Waals surface area contributed by atoms with E-state index < -0.39 is 5.60 Å². The minimum atomic E-state index is -0.509. The molecule has 1 aromatic carbocycles. The summed E-state index contributed by atoms with van der Waals surface area (Å²) in [5, 5.41) is 5.49. The average Bonchev–Trinajstić information content (AvgIpc) is 3.09. The number of aryl methyl sites for hydroxylation is 1. The molecule has 2 heterocycles. The van der Waals surface area contributed by atoms with Crippen molar-refractivity contribution < 1.29 is 14.3 Å². The molecule has 7 heteroatoms. The number of thiazole rings is 1. The molecule has 0 aliphatic carbocycles. The Morgan fingerprint density at radius 3 is 2.43 bits per heavy atom. The molecular formula is C21H27N3O3S. The Morgan fingerprint density at radius 1 is 1.18 bits per heavy atom. The Labute approximate surface area is 169 Å². The molecule has 1 aliphatic rings. The Morgan fingerprint density at radius 2 is 1.82 bits per heavy atom. The number of hydrogen-bond acceptors (Lipinski definition) is 5. The molecule has 28 heavy (non-hydrogen) atoms. The van der Waals surface area contributed by atoms with E-state index in [9.17, 15) is 9.59 Å². The van der Waals surface area contributed by atoms with E-state index in [0.29, 0.717) is 31.1 Å². The third-order valence-corrected chi connectivity index (χ3v) is 5.36. The smallest absolute Gasteiger partial charge is 0.410 e. The van der Waals surface area contributed by atoms with E-state index in [-0.39, 0.29) is 17.9 Å². The van der Waals surface area contributed by atoms with Crippen LogP contribution in [-0.4, -0.2) is 40.6 Å². The summed E-state index contributed by atoms with van der Waals surface area (Å²) in [6, 6.07) is 8.15. The molecule has 0 unspecified atom stereocenters. The molecule has 0 atom stereocenters. The quantitative estimate of drug-likeness (QED) is 0.809. The molecular weight excluding hydrogens is 374 g/mol. The van der Waals surface area contributed by atoms with Crippen LogP contribution in [0.3, 0.4) is 0 Å². The molecule has 1 aromatic heterocycles. The largest absolute Gasteiger partial charge is 0.444 e. The van der Waals surface area contributed by atoms with Gasteiger partial charge in [-0.15, -0.1) is 11.3 Å². The summed E-state index contributed by atoms with van der Waals surface area (Å²) >= 11 is 1.43. The molecule has 6 nitrogen and oxygen atoms in total. The van der Waals surface area contributed by atoms with Gasteiger partial charge in [0.15, 0.2) is 5.13 Å². The summed E-state index contributed by atoms with van der Waals surface area (Å²) in [6.45, 7) is 8.65. The van der Waals surface area contributed by atoms with Crippen molar-refractivity contribution in [3.63, 3.8) is 0 Å². The number of hydrogen-bond donors (Lipinski definition) is 1. The van der Waals surface area contributed by atoms with Crippen molar-refractivity contribution in [1.29, 1.82) is 0 Å². The van der Waals surface area contributed by atoms with Gasteiger partial charge in [0.1, 0.15) is 5.60 Å². The van der Waals surface area contributed by atoms with Gasteiger partial charge in [0.2, 0.25) is 5.91 Å². The van der Waals surface area contributed by atoms with Crippen molar-refractivity contribution in [2.24, 2.45) is 5.92 Å². The summed E-state index contributed by atoms with van der Waals surface area (Å²) in [5.74, 6) is -0.154. The lowest BCUT2D eigenvalue weighted by molar-refractivity contribution is -0.121. The van der Waals surface area contributed by atoms with Crippen LogP contribution < -0.4 is 5.32 Å². The van der Waals surface area contributed by atoms with Crippen molar-refractivity contribution in [1.82, 2.24) is 9.88 Å². The number of rotatable bonds is 3. The van der Waals surface area contributed by atoms with Crippen molar-refractivity contribution in [3.8, 4) is 11.3 Å². The van der Waals surface area contributed by atoms with Crippen LogP contribution in [-0.2, 0) is 9.53 Å². The number of anilines is 1. The van der Waals surface area contributed by atoms with E-state index in [4.69, 9.17) is 4.74 Å². The van der Waals surface area contributed by atoms with Crippen LogP contribution >= 0.6 is 11.3 Å². The van der Waals surface area contributed by atoms with Crippen LogP contribution in [0.25, 0.3) is 11.3 Å². The van der Waals surface area contributed by atoms with Gasteiger partial charge in [-0.3, -0.25) is 4.79 Å². The average molecular weight is 402 g/mol. The van der Waals surface area contributed by atoms with Crippen LogP contribution in [0.4, 0.5) is 9.93 Å². The standard InChI is InChI=1S/C21H27N3O3S/c1-14-5-7-15(8-6-14)17-13-28-19(22-17)23-18(25)16-9-11-24(12-10-16)20(26)27-21(2,3)4/h5-8,13,16H,9-12H2,1-4H3,(H,22,23,25). The molecule has 1 N–H and O–H groups in total. The maximum Gasteiger partial charge on any atom is 0.410 e. The number of likely N-dealkylation sites (tertiary alicyclic amines) is 1. The molecule has 0 saturated carbocycles. The molecule has 3 rings (SSSR count). The van der Waals surface area contributed by atoms with Gasteiger partial charge in [-0.25, -0.2) is 9.78 Å². The molecule has 1 aliphatic heterocycles. The van der Waals surface area contributed by atoms with Gasteiger partial charge in [0.05, 0.1) is 5.69 Å². The first-order chi connectivity index (χ1) is 13.2. The van der Waals surface area contributed by atoms with Gasteiger partial charge in [0, 0.05) is 30.0 Å². The number of benzene rings is 1. The maximum absolute atomic E-state index is 12.6. The van der Waals surface area contributed by atoms with Crippen LogP contribution in [0.5, 0.6) is 0 Å². The number of aromatic nitrogens is 1. The van der Waals surface area contributed by atoms with Crippen molar-refractivity contribution in [2.75, 3.05) is 18.4 Å². The van der Waals surface area contributed by atoms with Gasteiger partial charge in [-0.1, -0.05) is 29.8 Å². The van der Waals surface area contributed by atoms with Crippen LogP contribution in [0.2, 0.25) is 0 Å². The third-order valence-electron chi connectivity index (χ3n) is 4.60. The summed E-state index contributed by atoms with van der Waals surface area (Å²) in [4.78, 5) is 30.9. The predicted molar refractivity (Wildman–Crippen MR) is 111 cm³/mol. The van der Waals surface area contributed by atoms with Crippen molar-refractivity contribution in [2.45, 2.75) is 46.1 Å². The first-order valence-corrected chi connectivity index (χ1v) is 10.4. The fourth-order valence-electron chi connectivity index (χ4n) is 3.05. The van der Waals surface area contributed by atoms with E-state index >= 15 is 0 Å². The van der Waals surface area contributed by atoms with Gasteiger partial charge in [-0.05, 0) is 40.5 Å². The Bertz CT molecular complexity index is 831. The summed E-state index contributed by atoms with van der Waals surface area (Å²) in [7, 11) is 0. The third kappa shape index (κ3) is 5.32. The topological polar surface area (TPSA) is 71.5 Å². The zero-order valence-electron chi connectivity index (χ0n) is 16.8. The molecule has 0 radical (unpaired) electrons. The second kappa shape index (κ2) is 8.31. The van der Waals surface area contributed by atoms with Crippen molar-refractivity contribution >= 4 is 28.5 Å². The van der Waals surface area contributed by atoms with Crippen LogP contribution in [0.1, 0.15) is 39.2 Å². The van der Waals surface area contributed by atoms with Crippen LogP contribution in [0, 0.1) is 12.8 Å². The van der Waals surface area contributed by atoms with E-state index in [1.807, 2.05) is 57.3 Å². The lowest BCUT2D eigenvalue weighted by atomic mass is 9.96. The van der Waals surface area contributed by atoms with E-state index in [1.165, 1.54) is 16.9 Å². The zero-order chi connectivity index (χ0) is 20.3. The highest BCUT2D eigenvalue weighted by atomic mass is 32.1. The fourth-order valence-corrected chi connectivity index (χ4v) is 3.77. The normalized spacial score (nSPS) is 15.4. The highest BCUT2D eigenvalue weighted by molar-refractivity contribution is 7.14. The Hall–Kier alpha value is -2.41. The van der Waals surface area contributed by atoms with Gasteiger partial charge in [0.25, 0.3) is 0 Å². The molecule has 150 valence electrons. The molecule has 0 bridgehead atoms. The number of nitrogens with zero attached hydrogens (tertiary/aromatic N) is 2. The minimum absolute atomic E-state index is 0.0337. The van der Waals surface area contributed by atoms with E-state index in [0.717, 1.165) is 11.3 Å². The lowest BCUT2D eigenvalue weighted by Gasteiger charge is -2.32. The van der Waals surface area contributed by atoms with Gasteiger partial charge < -0.3 is 15.0 Å². The van der Waals surface area contributed by atoms with Crippen molar-refractivity contribution in [3.05, 3.63) is 35.2 Å². The van der Waals surface area contributed by atoms with Gasteiger partial charge in [-0.2, -0.15) is 0 Å². The van der Waals surface area contributed by atoms with E-state index in [1.54, 1.807) is 4.90 Å². The highest BCUT2D eigenvalue weighted by Crippen LogP contribution is 2.27. The first kappa shape index (κ1) is 20.3. The summed E-state index contributed by atoms with van der Waals surface area (Å²) < 4.78 is 5.40. The highest BCUT2D eigenvalue weighted by Gasteiger charge is 2.30. The summed E-state index contributed by atoms with van der Waals surface area (Å²) in [6.07, 6.45) is 0.941. The Kier molecular flexibility index (Phi) is 6.03. The number of piperidine rings is 1. The second-order valence-corrected chi connectivity index (χ2v) is 8.99. The first-order valence-electron chi connectivity index (χ1n) is 9.52. The molecule has 2 amide bonds. The number of ether oxygens (including phenoxy) is 1. The predicted octanol–water partition coefficient (Wildman–Crippen LogP) is 4.70. The molecule has 0 spiro atoms. The zero-order valence-corrected chi connectivity index (χ0v) is 17.6. The molecule has 1 fully saturated rings.